The van der Waals surface area contributed by atoms with Crippen LogP contribution in [0.2, 0.25) is 0 Å². The van der Waals surface area contributed by atoms with E-state index in [9.17, 15) is 4.91 Å². The summed E-state index contributed by atoms with van der Waals surface area (Å²) in [7, 11) is 0. The molecular weight excluding hydrogens is 204 g/mol. The van der Waals surface area contributed by atoms with Crippen molar-refractivity contribution in [1.29, 1.82) is 0 Å². The van der Waals surface area contributed by atoms with Crippen molar-refractivity contribution >= 4 is 0 Å². The van der Waals surface area contributed by atoms with Crippen LogP contribution in [0.3, 0.4) is 0 Å². The molecule has 0 aliphatic carbocycles. The minimum atomic E-state index is 0.0269. The molecule has 0 fully saturated rings. The van der Waals surface area contributed by atoms with Crippen molar-refractivity contribution in [2.75, 3.05) is 19.8 Å². The first-order valence-corrected chi connectivity index (χ1v) is 5.36. The quantitative estimate of drug-likeness (QED) is 0.425. The third kappa shape index (κ3) is 4.89. The lowest BCUT2D eigenvalue weighted by Gasteiger charge is -2.15. The largest absolute Gasteiger partial charge is 0.382 e. The lowest BCUT2D eigenvalue weighted by molar-refractivity contribution is 0.188. The van der Waals surface area contributed by atoms with Crippen LogP contribution >= 0.6 is 0 Å². The van der Waals surface area contributed by atoms with E-state index in [0.29, 0.717) is 13.2 Å². The van der Waals surface area contributed by atoms with E-state index in [4.69, 9.17) is 4.74 Å². The van der Waals surface area contributed by atoms with Gasteiger partial charge in [-0.3, -0.25) is 0 Å². The third-order valence-corrected chi connectivity index (χ3v) is 2.17. The zero-order valence-corrected chi connectivity index (χ0v) is 9.77. The van der Waals surface area contributed by atoms with E-state index in [-0.39, 0.29) is 12.6 Å². The summed E-state index contributed by atoms with van der Waals surface area (Å²) in [5.74, 6) is 0. The fourth-order valence-electron chi connectivity index (χ4n) is 1.24. The zero-order valence-electron chi connectivity index (χ0n) is 9.77. The predicted molar refractivity (Wildman–Crippen MR) is 65.1 cm³/mol. The molecule has 1 unspecified atom stereocenters. The van der Waals surface area contributed by atoms with Crippen LogP contribution in [-0.2, 0) is 4.74 Å². The first-order chi connectivity index (χ1) is 7.72. The first kappa shape index (κ1) is 12.6. The van der Waals surface area contributed by atoms with Gasteiger partial charge in [-0.15, -0.1) is 0 Å². The van der Waals surface area contributed by atoms with Gasteiger partial charge < -0.3 is 10.1 Å². The van der Waals surface area contributed by atoms with Crippen LogP contribution in [0, 0.1) is 4.91 Å². The Hall–Kier alpha value is -1.42. The molecule has 1 atom stereocenters. The van der Waals surface area contributed by atoms with E-state index in [1.54, 1.807) is 0 Å². The van der Waals surface area contributed by atoms with Crippen molar-refractivity contribution in [3.8, 4) is 0 Å². The van der Waals surface area contributed by atoms with Crippen molar-refractivity contribution in [3.05, 3.63) is 40.5 Å². The second kappa shape index (κ2) is 6.95. The van der Waals surface area contributed by atoms with Gasteiger partial charge in [0.2, 0.25) is 0 Å². The SMILES string of the molecule is CC(C)=CCOCC1=CNC(CN=O)C=C1. The van der Waals surface area contributed by atoms with Crippen LogP contribution in [-0.4, -0.2) is 25.8 Å². The molecule has 4 nitrogen and oxygen atoms in total. The van der Waals surface area contributed by atoms with Gasteiger partial charge in [0.15, 0.2) is 0 Å². The molecule has 16 heavy (non-hydrogen) atoms. The van der Waals surface area contributed by atoms with Gasteiger partial charge in [-0.2, -0.15) is 4.91 Å². The molecule has 1 aliphatic heterocycles. The van der Waals surface area contributed by atoms with E-state index in [0.717, 1.165) is 5.57 Å². The second-order valence-corrected chi connectivity index (χ2v) is 3.96. The van der Waals surface area contributed by atoms with Crippen molar-refractivity contribution < 1.29 is 4.74 Å². The molecule has 4 heteroatoms. The summed E-state index contributed by atoms with van der Waals surface area (Å²) in [6.45, 7) is 5.56. The number of ether oxygens (including phenoxy) is 1. The molecule has 1 heterocycles. The molecule has 0 saturated heterocycles. The fourth-order valence-corrected chi connectivity index (χ4v) is 1.24. The summed E-state index contributed by atoms with van der Waals surface area (Å²) in [6, 6.07) is 0.0269. The summed E-state index contributed by atoms with van der Waals surface area (Å²) in [6.07, 6.45) is 7.81. The maximum Gasteiger partial charge on any atom is 0.105 e. The number of hydrogen-bond acceptors (Lipinski definition) is 4. The van der Waals surface area contributed by atoms with Gasteiger partial charge in [0, 0.05) is 6.20 Å². The summed E-state index contributed by atoms with van der Waals surface area (Å²) in [4.78, 5) is 10.1. The molecule has 0 aromatic heterocycles. The Kier molecular flexibility index (Phi) is 5.50. The third-order valence-electron chi connectivity index (χ3n) is 2.17. The number of hydrogen-bond donors (Lipinski definition) is 1. The highest BCUT2D eigenvalue weighted by Gasteiger charge is 2.06. The van der Waals surface area contributed by atoms with Gasteiger partial charge in [-0.1, -0.05) is 29.0 Å². The fraction of sp³-hybridized carbons (Fsp3) is 0.500. The summed E-state index contributed by atoms with van der Waals surface area (Å²) < 4.78 is 5.46. The molecule has 0 bridgehead atoms. The average molecular weight is 222 g/mol. The van der Waals surface area contributed by atoms with Crippen molar-refractivity contribution in [2.24, 2.45) is 5.18 Å². The van der Waals surface area contributed by atoms with Gasteiger partial charge in [0.25, 0.3) is 0 Å². The molecule has 88 valence electrons. The Morgan fingerprint density at radius 3 is 3.00 bits per heavy atom. The van der Waals surface area contributed by atoms with E-state index in [1.807, 2.05) is 38.3 Å². The van der Waals surface area contributed by atoms with Crippen LogP contribution in [0.4, 0.5) is 0 Å². The lowest BCUT2D eigenvalue weighted by atomic mass is 10.1. The van der Waals surface area contributed by atoms with E-state index >= 15 is 0 Å². The Morgan fingerprint density at radius 2 is 2.44 bits per heavy atom. The number of dihydropyridines is 1. The summed E-state index contributed by atoms with van der Waals surface area (Å²) in [5, 5.41) is 5.93. The highest BCUT2D eigenvalue weighted by atomic mass is 16.5. The van der Waals surface area contributed by atoms with Crippen molar-refractivity contribution in [2.45, 2.75) is 19.9 Å². The Labute approximate surface area is 96.0 Å². The van der Waals surface area contributed by atoms with E-state index < -0.39 is 0 Å². The molecule has 0 aromatic rings. The van der Waals surface area contributed by atoms with Gasteiger partial charge in [-0.05, 0) is 19.4 Å². The van der Waals surface area contributed by atoms with Crippen molar-refractivity contribution in [1.82, 2.24) is 5.32 Å². The summed E-state index contributed by atoms with van der Waals surface area (Å²) >= 11 is 0. The zero-order chi connectivity index (χ0) is 11.8. The van der Waals surface area contributed by atoms with Gasteiger partial charge >= 0.3 is 0 Å². The average Bonchev–Trinajstić information content (AvgIpc) is 2.27. The van der Waals surface area contributed by atoms with Gasteiger partial charge in [0.1, 0.15) is 6.54 Å². The molecule has 0 saturated carbocycles. The number of nitrogens with zero attached hydrogens (tertiary/aromatic N) is 1. The Morgan fingerprint density at radius 1 is 1.62 bits per heavy atom. The van der Waals surface area contributed by atoms with Crippen LogP contribution in [0.1, 0.15) is 13.8 Å². The first-order valence-electron chi connectivity index (χ1n) is 5.36. The minimum Gasteiger partial charge on any atom is -0.382 e. The van der Waals surface area contributed by atoms with E-state index in [2.05, 4.69) is 10.5 Å². The smallest absolute Gasteiger partial charge is 0.105 e. The number of nitroso groups, excluding NO2 is 1. The highest BCUT2D eigenvalue weighted by molar-refractivity contribution is 5.24. The Balaban J connectivity index is 2.23. The monoisotopic (exact) mass is 222 g/mol. The number of nitrogens with one attached hydrogen (secondary N) is 1. The predicted octanol–water partition coefficient (Wildman–Crippen LogP) is 2.15. The molecule has 1 rings (SSSR count). The minimum absolute atomic E-state index is 0.0269. The maximum absolute atomic E-state index is 10.1. The maximum atomic E-state index is 10.1. The van der Waals surface area contributed by atoms with E-state index in [1.165, 1.54) is 5.57 Å². The van der Waals surface area contributed by atoms with Crippen LogP contribution in [0.15, 0.2) is 40.8 Å². The van der Waals surface area contributed by atoms with Gasteiger partial charge in [0.05, 0.1) is 19.3 Å². The standard InChI is InChI=1S/C12H18N2O2/c1-10(2)5-6-16-9-11-3-4-12(8-14-15)13-7-11/h3-5,7,12-13H,6,8-9H2,1-2H3. The van der Waals surface area contributed by atoms with Crippen molar-refractivity contribution in [3.63, 3.8) is 0 Å². The molecule has 1 aliphatic rings. The Bertz CT molecular complexity index is 315. The van der Waals surface area contributed by atoms with Crippen LogP contribution < -0.4 is 5.32 Å². The molecule has 1 N–H and O–H groups in total. The topological polar surface area (TPSA) is 50.7 Å². The molecule has 0 radical (unpaired) electrons. The molecule has 0 spiro atoms. The van der Waals surface area contributed by atoms with Crippen LogP contribution in [0.5, 0.6) is 0 Å². The second-order valence-electron chi connectivity index (χ2n) is 3.96. The number of allylic oxidation sites excluding steroid dienone is 1. The molecule has 0 amide bonds. The highest BCUT2D eigenvalue weighted by Crippen LogP contribution is 2.05. The molecular formula is C12H18N2O2. The number of rotatable bonds is 6. The van der Waals surface area contributed by atoms with Gasteiger partial charge in [-0.25, -0.2) is 0 Å². The normalized spacial score (nSPS) is 18.6. The summed E-state index contributed by atoms with van der Waals surface area (Å²) in [5.41, 5.74) is 2.33. The lowest BCUT2D eigenvalue weighted by Crippen LogP contribution is -2.28. The van der Waals surface area contributed by atoms with Crippen LogP contribution in [0.25, 0.3) is 0 Å². The molecule has 0 aromatic carbocycles.